The van der Waals surface area contributed by atoms with Crippen LogP contribution in [0.15, 0.2) is 23.0 Å². The SMILES string of the molecule is NC(=O)CNC(=O)c1ccc2[nH]c(=O)[nH]c2c1. The van der Waals surface area contributed by atoms with E-state index in [2.05, 4.69) is 15.3 Å². The van der Waals surface area contributed by atoms with Crippen LogP contribution in [0.1, 0.15) is 10.4 Å². The Bertz CT molecular complexity index is 640. The molecule has 5 N–H and O–H groups in total. The van der Waals surface area contributed by atoms with Gasteiger partial charge in [0.05, 0.1) is 17.6 Å². The van der Waals surface area contributed by atoms with Gasteiger partial charge in [-0.2, -0.15) is 0 Å². The molecule has 2 aromatic rings. The quantitative estimate of drug-likeness (QED) is 0.549. The summed E-state index contributed by atoms with van der Waals surface area (Å²) in [6.45, 7) is -0.222. The number of H-pyrrole nitrogens is 2. The lowest BCUT2D eigenvalue weighted by atomic mass is 10.2. The fourth-order valence-electron chi connectivity index (χ4n) is 1.44. The lowest BCUT2D eigenvalue weighted by molar-refractivity contribution is -0.117. The highest BCUT2D eigenvalue weighted by Gasteiger charge is 2.08. The van der Waals surface area contributed by atoms with Crippen molar-refractivity contribution in [3.05, 3.63) is 34.2 Å². The number of rotatable bonds is 3. The summed E-state index contributed by atoms with van der Waals surface area (Å²) in [5.74, 6) is -1.04. The van der Waals surface area contributed by atoms with Crippen molar-refractivity contribution in [1.29, 1.82) is 0 Å². The summed E-state index contributed by atoms with van der Waals surface area (Å²) in [5, 5.41) is 2.35. The highest BCUT2D eigenvalue weighted by Crippen LogP contribution is 2.09. The first kappa shape index (κ1) is 10.9. The summed E-state index contributed by atoms with van der Waals surface area (Å²) in [7, 11) is 0. The molecule has 0 aliphatic carbocycles. The van der Waals surface area contributed by atoms with Gasteiger partial charge in [-0.15, -0.1) is 0 Å². The van der Waals surface area contributed by atoms with Crippen LogP contribution in [0.25, 0.3) is 11.0 Å². The molecule has 0 unspecified atom stereocenters. The number of hydrogen-bond donors (Lipinski definition) is 4. The molecule has 17 heavy (non-hydrogen) atoms. The molecule has 1 heterocycles. The van der Waals surface area contributed by atoms with Gasteiger partial charge in [-0.3, -0.25) is 9.59 Å². The summed E-state index contributed by atoms with van der Waals surface area (Å²) >= 11 is 0. The van der Waals surface area contributed by atoms with E-state index >= 15 is 0 Å². The molecule has 2 amide bonds. The smallest absolute Gasteiger partial charge is 0.323 e. The number of nitrogens with one attached hydrogen (secondary N) is 3. The second kappa shape index (κ2) is 4.12. The molecule has 0 aliphatic heterocycles. The van der Waals surface area contributed by atoms with Crippen molar-refractivity contribution in [2.24, 2.45) is 5.73 Å². The number of imidazole rings is 1. The zero-order chi connectivity index (χ0) is 12.4. The Kier molecular flexibility index (Phi) is 2.65. The van der Waals surface area contributed by atoms with Gasteiger partial charge >= 0.3 is 5.69 Å². The maximum Gasteiger partial charge on any atom is 0.323 e. The standard InChI is InChI=1S/C10H10N4O3/c11-8(15)4-12-9(16)5-1-2-6-7(3-5)14-10(17)13-6/h1-3H,4H2,(H2,11,15)(H,12,16)(H2,13,14,17). The number of fused-ring (bicyclic) bond motifs is 1. The van der Waals surface area contributed by atoms with Crippen molar-refractivity contribution in [3.63, 3.8) is 0 Å². The van der Waals surface area contributed by atoms with E-state index in [9.17, 15) is 14.4 Å². The number of carbonyl (C=O) groups excluding carboxylic acids is 2. The number of carbonyl (C=O) groups is 2. The van der Waals surface area contributed by atoms with Gasteiger partial charge < -0.3 is 21.0 Å². The topological polar surface area (TPSA) is 121 Å². The van der Waals surface area contributed by atoms with Gasteiger partial charge in [0.15, 0.2) is 0 Å². The van der Waals surface area contributed by atoms with E-state index in [0.29, 0.717) is 16.6 Å². The zero-order valence-electron chi connectivity index (χ0n) is 8.74. The van der Waals surface area contributed by atoms with Crippen molar-refractivity contribution in [2.45, 2.75) is 0 Å². The normalized spacial score (nSPS) is 10.4. The minimum absolute atomic E-state index is 0.222. The molecule has 1 aromatic carbocycles. The maximum absolute atomic E-state index is 11.6. The van der Waals surface area contributed by atoms with Crippen LogP contribution >= 0.6 is 0 Å². The maximum atomic E-state index is 11.6. The van der Waals surface area contributed by atoms with Crippen LogP contribution < -0.4 is 16.7 Å². The van der Waals surface area contributed by atoms with Crippen molar-refractivity contribution in [2.75, 3.05) is 6.54 Å². The number of amides is 2. The summed E-state index contributed by atoms with van der Waals surface area (Å²) < 4.78 is 0. The Morgan fingerprint density at radius 1 is 1.24 bits per heavy atom. The minimum Gasteiger partial charge on any atom is -0.368 e. The first-order valence-corrected chi connectivity index (χ1v) is 4.85. The first-order valence-electron chi connectivity index (χ1n) is 4.85. The van der Waals surface area contributed by atoms with Gasteiger partial charge in [-0.05, 0) is 18.2 Å². The third-order valence-corrected chi connectivity index (χ3v) is 2.20. The molecule has 0 aliphatic rings. The Labute approximate surface area is 95.0 Å². The van der Waals surface area contributed by atoms with E-state index in [-0.39, 0.29) is 12.2 Å². The second-order valence-corrected chi connectivity index (χ2v) is 3.49. The van der Waals surface area contributed by atoms with Gasteiger partial charge in [0.1, 0.15) is 0 Å². The largest absolute Gasteiger partial charge is 0.368 e. The number of primary amides is 1. The Morgan fingerprint density at radius 2 is 1.94 bits per heavy atom. The van der Waals surface area contributed by atoms with Crippen molar-refractivity contribution in [3.8, 4) is 0 Å². The molecule has 0 spiro atoms. The lowest BCUT2D eigenvalue weighted by Gasteiger charge is -2.02. The van der Waals surface area contributed by atoms with E-state index in [1.165, 1.54) is 6.07 Å². The van der Waals surface area contributed by atoms with Gasteiger partial charge in [0.25, 0.3) is 5.91 Å². The third-order valence-electron chi connectivity index (χ3n) is 2.20. The number of hydrogen-bond acceptors (Lipinski definition) is 3. The predicted octanol–water partition coefficient (Wildman–Crippen LogP) is -0.929. The van der Waals surface area contributed by atoms with Crippen LogP contribution in [-0.2, 0) is 4.79 Å². The fourth-order valence-corrected chi connectivity index (χ4v) is 1.44. The Balaban J connectivity index is 2.26. The lowest BCUT2D eigenvalue weighted by Crippen LogP contribution is -2.33. The highest BCUT2D eigenvalue weighted by atomic mass is 16.2. The summed E-state index contributed by atoms with van der Waals surface area (Å²) in [4.78, 5) is 38.2. The molecule has 0 fully saturated rings. The van der Waals surface area contributed by atoms with Crippen LogP contribution in [0.4, 0.5) is 0 Å². The van der Waals surface area contributed by atoms with Gasteiger partial charge in [-0.1, -0.05) is 0 Å². The molecule has 0 saturated carbocycles. The Hall–Kier alpha value is -2.57. The molecular formula is C10H10N4O3. The van der Waals surface area contributed by atoms with Crippen LogP contribution in [-0.4, -0.2) is 28.3 Å². The molecule has 1 aromatic heterocycles. The molecule has 7 heteroatoms. The van der Waals surface area contributed by atoms with Crippen LogP contribution in [0, 0.1) is 0 Å². The third kappa shape index (κ3) is 2.33. The van der Waals surface area contributed by atoms with Crippen molar-refractivity contribution < 1.29 is 9.59 Å². The predicted molar refractivity (Wildman–Crippen MR) is 60.4 cm³/mol. The molecule has 2 rings (SSSR count). The minimum atomic E-state index is -0.616. The van der Waals surface area contributed by atoms with E-state index in [1.807, 2.05) is 0 Å². The average molecular weight is 234 g/mol. The van der Waals surface area contributed by atoms with Crippen LogP contribution in [0.2, 0.25) is 0 Å². The Morgan fingerprint density at radius 3 is 2.65 bits per heavy atom. The molecule has 7 nitrogen and oxygen atoms in total. The molecule has 0 atom stereocenters. The van der Waals surface area contributed by atoms with Crippen molar-refractivity contribution in [1.82, 2.24) is 15.3 Å². The summed E-state index contributed by atoms with van der Waals surface area (Å²) in [6.07, 6.45) is 0. The molecule has 0 saturated heterocycles. The second-order valence-electron chi connectivity index (χ2n) is 3.49. The number of aromatic amines is 2. The fraction of sp³-hybridized carbons (Fsp3) is 0.100. The van der Waals surface area contributed by atoms with Gasteiger partial charge in [0, 0.05) is 5.56 Å². The number of benzene rings is 1. The van der Waals surface area contributed by atoms with Gasteiger partial charge in [-0.25, -0.2) is 4.79 Å². The average Bonchev–Trinajstić information content (AvgIpc) is 2.64. The van der Waals surface area contributed by atoms with Crippen molar-refractivity contribution >= 4 is 22.8 Å². The van der Waals surface area contributed by atoms with E-state index in [4.69, 9.17) is 5.73 Å². The van der Waals surface area contributed by atoms with E-state index in [1.54, 1.807) is 12.1 Å². The first-order chi connectivity index (χ1) is 8.06. The molecule has 0 bridgehead atoms. The van der Waals surface area contributed by atoms with Gasteiger partial charge in [0.2, 0.25) is 5.91 Å². The molecule has 88 valence electrons. The number of nitrogens with two attached hydrogens (primary N) is 1. The zero-order valence-corrected chi connectivity index (χ0v) is 8.74. The van der Waals surface area contributed by atoms with Crippen LogP contribution in [0.5, 0.6) is 0 Å². The van der Waals surface area contributed by atoms with Crippen LogP contribution in [0.3, 0.4) is 0 Å². The van der Waals surface area contributed by atoms with E-state index in [0.717, 1.165) is 0 Å². The molecular weight excluding hydrogens is 224 g/mol. The number of aromatic nitrogens is 2. The molecule has 0 radical (unpaired) electrons. The summed E-state index contributed by atoms with van der Waals surface area (Å²) in [5.41, 5.74) is 6.05. The van der Waals surface area contributed by atoms with E-state index < -0.39 is 11.8 Å². The summed E-state index contributed by atoms with van der Waals surface area (Å²) in [6, 6.07) is 4.67. The monoisotopic (exact) mass is 234 g/mol. The highest BCUT2D eigenvalue weighted by molar-refractivity contribution is 5.98.